The SMILES string of the molecule is Cn1c(=O)c2c(ncn2CCOCCOc2cccc3ccccc23)n(C)c1=O. The van der Waals surface area contributed by atoms with Gasteiger partial charge in [-0.05, 0) is 11.5 Å². The molecule has 4 rings (SSSR count). The number of rotatable bonds is 7. The van der Waals surface area contributed by atoms with Crippen LogP contribution >= 0.6 is 0 Å². The van der Waals surface area contributed by atoms with Crippen LogP contribution in [0.15, 0.2) is 58.4 Å². The number of aryl methyl sites for hydroxylation is 1. The molecule has 0 aliphatic rings. The van der Waals surface area contributed by atoms with Crippen molar-refractivity contribution in [2.24, 2.45) is 14.1 Å². The van der Waals surface area contributed by atoms with E-state index in [-0.39, 0.29) is 5.56 Å². The first kappa shape index (κ1) is 18.9. The van der Waals surface area contributed by atoms with Crippen LogP contribution in [0.4, 0.5) is 0 Å². The highest BCUT2D eigenvalue weighted by Crippen LogP contribution is 2.24. The third kappa shape index (κ3) is 3.54. The van der Waals surface area contributed by atoms with Crippen molar-refractivity contribution in [3.05, 3.63) is 69.6 Å². The molecule has 150 valence electrons. The molecule has 8 heteroatoms. The Labute approximate surface area is 166 Å². The van der Waals surface area contributed by atoms with E-state index >= 15 is 0 Å². The molecule has 29 heavy (non-hydrogen) atoms. The summed E-state index contributed by atoms with van der Waals surface area (Å²) in [6.07, 6.45) is 1.56. The van der Waals surface area contributed by atoms with Gasteiger partial charge in [0, 0.05) is 26.0 Å². The Balaban J connectivity index is 1.35. The smallest absolute Gasteiger partial charge is 0.332 e. The van der Waals surface area contributed by atoms with E-state index in [4.69, 9.17) is 9.47 Å². The fourth-order valence-corrected chi connectivity index (χ4v) is 3.36. The summed E-state index contributed by atoms with van der Waals surface area (Å²) in [4.78, 5) is 28.6. The Hall–Kier alpha value is -3.39. The highest BCUT2D eigenvalue weighted by molar-refractivity contribution is 5.88. The van der Waals surface area contributed by atoms with Gasteiger partial charge in [-0.3, -0.25) is 13.9 Å². The molecule has 0 N–H and O–H groups in total. The lowest BCUT2D eigenvalue weighted by atomic mass is 10.1. The molecule has 4 aromatic rings. The lowest BCUT2D eigenvalue weighted by Gasteiger charge is -2.10. The molecule has 2 aromatic heterocycles. The summed E-state index contributed by atoms with van der Waals surface area (Å²) in [5.41, 5.74) is 0.0112. The molecular formula is C21H22N4O4. The summed E-state index contributed by atoms with van der Waals surface area (Å²) in [5, 5.41) is 2.20. The van der Waals surface area contributed by atoms with Crippen molar-refractivity contribution in [1.82, 2.24) is 18.7 Å². The van der Waals surface area contributed by atoms with E-state index in [1.54, 1.807) is 17.9 Å². The van der Waals surface area contributed by atoms with Gasteiger partial charge in [0.2, 0.25) is 0 Å². The van der Waals surface area contributed by atoms with Crippen LogP contribution in [0.5, 0.6) is 5.75 Å². The van der Waals surface area contributed by atoms with Gasteiger partial charge in [-0.25, -0.2) is 9.78 Å². The molecule has 0 atom stereocenters. The van der Waals surface area contributed by atoms with Gasteiger partial charge in [0.1, 0.15) is 12.4 Å². The Kier molecular flexibility index (Phi) is 5.18. The van der Waals surface area contributed by atoms with E-state index in [2.05, 4.69) is 4.98 Å². The second kappa shape index (κ2) is 7.92. The van der Waals surface area contributed by atoms with Gasteiger partial charge in [-0.1, -0.05) is 36.4 Å². The molecule has 2 aromatic carbocycles. The van der Waals surface area contributed by atoms with Crippen LogP contribution in [0, 0.1) is 0 Å². The highest BCUT2D eigenvalue weighted by atomic mass is 16.5. The Morgan fingerprint density at radius 1 is 0.931 bits per heavy atom. The molecule has 0 aliphatic carbocycles. The molecule has 8 nitrogen and oxygen atoms in total. The number of ether oxygens (including phenoxy) is 2. The van der Waals surface area contributed by atoms with Crippen LogP contribution < -0.4 is 16.0 Å². The van der Waals surface area contributed by atoms with E-state index in [1.165, 1.54) is 11.6 Å². The van der Waals surface area contributed by atoms with Gasteiger partial charge in [-0.15, -0.1) is 0 Å². The number of hydrogen-bond acceptors (Lipinski definition) is 5. The van der Waals surface area contributed by atoms with Gasteiger partial charge < -0.3 is 14.0 Å². The van der Waals surface area contributed by atoms with Crippen LogP contribution in [0.2, 0.25) is 0 Å². The van der Waals surface area contributed by atoms with Crippen molar-refractivity contribution < 1.29 is 9.47 Å². The summed E-state index contributed by atoms with van der Waals surface area (Å²) in [7, 11) is 3.06. The van der Waals surface area contributed by atoms with E-state index in [1.807, 2.05) is 42.5 Å². The molecule has 0 saturated carbocycles. The largest absolute Gasteiger partial charge is 0.491 e. The number of benzene rings is 2. The van der Waals surface area contributed by atoms with Crippen LogP contribution in [0.3, 0.4) is 0 Å². The van der Waals surface area contributed by atoms with Crippen LogP contribution in [-0.2, 0) is 25.4 Å². The first-order chi connectivity index (χ1) is 14.1. The molecule has 0 amide bonds. The van der Waals surface area contributed by atoms with Crippen molar-refractivity contribution in [2.75, 3.05) is 19.8 Å². The van der Waals surface area contributed by atoms with Gasteiger partial charge in [-0.2, -0.15) is 0 Å². The highest BCUT2D eigenvalue weighted by Gasteiger charge is 2.13. The van der Waals surface area contributed by atoms with E-state index in [9.17, 15) is 9.59 Å². The van der Waals surface area contributed by atoms with E-state index in [0.29, 0.717) is 37.5 Å². The minimum absolute atomic E-state index is 0.361. The quantitative estimate of drug-likeness (QED) is 0.446. The molecule has 0 spiro atoms. The van der Waals surface area contributed by atoms with Crippen molar-refractivity contribution in [3.63, 3.8) is 0 Å². The van der Waals surface area contributed by atoms with E-state index in [0.717, 1.165) is 21.1 Å². The van der Waals surface area contributed by atoms with Crippen LogP contribution in [0.25, 0.3) is 21.9 Å². The van der Waals surface area contributed by atoms with Gasteiger partial charge >= 0.3 is 5.69 Å². The Morgan fingerprint density at radius 3 is 2.59 bits per heavy atom. The zero-order chi connectivity index (χ0) is 20.4. The lowest BCUT2D eigenvalue weighted by Crippen LogP contribution is -2.37. The molecule has 0 radical (unpaired) electrons. The fraction of sp³-hybridized carbons (Fsp3) is 0.286. The van der Waals surface area contributed by atoms with Crippen molar-refractivity contribution in [3.8, 4) is 5.75 Å². The maximum atomic E-state index is 12.4. The Bertz CT molecular complexity index is 1280. The predicted molar refractivity (Wildman–Crippen MR) is 110 cm³/mol. The molecule has 0 fully saturated rings. The molecular weight excluding hydrogens is 372 g/mol. The number of hydrogen-bond donors (Lipinski definition) is 0. The van der Waals surface area contributed by atoms with Gasteiger partial charge in [0.15, 0.2) is 11.2 Å². The van der Waals surface area contributed by atoms with Crippen LogP contribution in [-0.4, -0.2) is 38.5 Å². The van der Waals surface area contributed by atoms with E-state index < -0.39 is 5.69 Å². The number of fused-ring (bicyclic) bond motifs is 2. The third-order valence-corrected chi connectivity index (χ3v) is 4.93. The van der Waals surface area contributed by atoms with Gasteiger partial charge in [0.25, 0.3) is 5.56 Å². The normalized spacial score (nSPS) is 11.4. The van der Waals surface area contributed by atoms with Crippen molar-refractivity contribution in [2.45, 2.75) is 6.54 Å². The average Bonchev–Trinajstić information content (AvgIpc) is 3.17. The molecule has 0 unspecified atom stereocenters. The second-order valence-corrected chi connectivity index (χ2v) is 6.75. The fourth-order valence-electron chi connectivity index (χ4n) is 3.36. The average molecular weight is 394 g/mol. The monoisotopic (exact) mass is 394 g/mol. The zero-order valence-electron chi connectivity index (χ0n) is 16.4. The first-order valence-corrected chi connectivity index (χ1v) is 9.37. The summed E-state index contributed by atoms with van der Waals surface area (Å²) in [5.74, 6) is 0.830. The van der Waals surface area contributed by atoms with Gasteiger partial charge in [0.05, 0.1) is 19.5 Å². The number of aromatic nitrogens is 4. The number of nitrogens with zero attached hydrogens (tertiary/aromatic N) is 4. The second-order valence-electron chi connectivity index (χ2n) is 6.75. The molecule has 2 heterocycles. The summed E-state index contributed by atoms with van der Waals surface area (Å²) >= 11 is 0. The molecule has 0 aliphatic heterocycles. The summed E-state index contributed by atoms with van der Waals surface area (Å²) < 4.78 is 15.7. The first-order valence-electron chi connectivity index (χ1n) is 9.37. The van der Waals surface area contributed by atoms with Crippen LogP contribution in [0.1, 0.15) is 0 Å². The Morgan fingerprint density at radius 2 is 1.72 bits per heavy atom. The van der Waals surface area contributed by atoms with Crippen molar-refractivity contribution >= 4 is 21.9 Å². The minimum Gasteiger partial charge on any atom is -0.491 e. The summed E-state index contributed by atoms with van der Waals surface area (Å²) in [6.45, 7) is 1.70. The molecule has 0 bridgehead atoms. The standard InChI is InChI=1S/C21H22N4O4/c1-23-19-18(20(26)24(2)21(23)27)25(14-22-19)10-11-28-12-13-29-17-9-5-7-15-6-3-4-8-16(15)17/h3-9,14H,10-13H2,1-2H3. The lowest BCUT2D eigenvalue weighted by molar-refractivity contribution is 0.0953. The molecule has 0 saturated heterocycles. The maximum Gasteiger partial charge on any atom is 0.332 e. The topological polar surface area (TPSA) is 80.3 Å². The third-order valence-electron chi connectivity index (χ3n) is 4.93. The predicted octanol–water partition coefficient (Wildman–Crippen LogP) is 1.68. The zero-order valence-corrected chi connectivity index (χ0v) is 16.4. The maximum absolute atomic E-state index is 12.4. The van der Waals surface area contributed by atoms with Crippen molar-refractivity contribution in [1.29, 1.82) is 0 Å². The number of imidazole rings is 1. The summed E-state index contributed by atoms with van der Waals surface area (Å²) in [6, 6.07) is 14.0. The minimum atomic E-state index is -0.394.